The van der Waals surface area contributed by atoms with Crippen molar-refractivity contribution in [3.63, 3.8) is 0 Å². The van der Waals surface area contributed by atoms with E-state index in [1.165, 1.54) is 56.7 Å². The Labute approximate surface area is 269 Å². The number of amides is 1. The van der Waals surface area contributed by atoms with Crippen molar-refractivity contribution >= 4 is 55.1 Å². The summed E-state index contributed by atoms with van der Waals surface area (Å²) < 4.78 is 68.2. The molecule has 0 saturated carbocycles. The fourth-order valence-electron chi connectivity index (χ4n) is 4.53. The normalized spacial score (nSPS) is 13.9. The van der Waals surface area contributed by atoms with Gasteiger partial charge in [0.25, 0.3) is 5.91 Å². The summed E-state index contributed by atoms with van der Waals surface area (Å²) in [6, 6.07) is 18.6. The molecule has 1 aliphatic rings. The van der Waals surface area contributed by atoms with Crippen LogP contribution in [0.25, 0.3) is 6.08 Å². The number of aryl methyl sites for hydroxylation is 1. The third-order valence-electron chi connectivity index (χ3n) is 6.85. The molecular weight excluding hydrogens is 657 g/mol. The van der Waals surface area contributed by atoms with Crippen molar-refractivity contribution < 1.29 is 40.2 Å². The number of hydrogen-bond acceptors (Lipinski definition) is 11. The van der Waals surface area contributed by atoms with Crippen LogP contribution in [0.5, 0.6) is 17.2 Å². The number of fused-ring (bicyclic) bond motifs is 1. The van der Waals surface area contributed by atoms with Gasteiger partial charge in [-0.15, -0.1) is 0 Å². The van der Waals surface area contributed by atoms with Gasteiger partial charge in [-0.1, -0.05) is 41.6 Å². The second-order valence-corrected chi connectivity index (χ2v) is 14.6. The fraction of sp³-hybridized carbons (Fsp3) is 0.129. The topological polar surface area (TPSA) is 168 Å². The van der Waals surface area contributed by atoms with Crippen molar-refractivity contribution in [1.82, 2.24) is 0 Å². The number of sulfone groups is 1. The summed E-state index contributed by atoms with van der Waals surface area (Å²) in [6.45, 7) is 1.78. The van der Waals surface area contributed by atoms with Crippen LogP contribution < -0.4 is 19.0 Å². The largest absolute Gasteiger partial charge is 0.496 e. The van der Waals surface area contributed by atoms with Gasteiger partial charge in [-0.25, -0.2) is 8.42 Å². The molecule has 0 bridgehead atoms. The van der Waals surface area contributed by atoms with E-state index in [9.17, 15) is 31.7 Å². The highest BCUT2D eigenvalue weighted by atomic mass is 32.2. The molecule has 0 spiro atoms. The molecule has 1 N–H and O–H groups in total. The Morgan fingerprint density at radius 2 is 1.52 bits per heavy atom. The quantitative estimate of drug-likeness (QED) is 0.0936. The van der Waals surface area contributed by atoms with Crippen molar-refractivity contribution in [2.75, 3.05) is 19.5 Å². The third-order valence-corrected chi connectivity index (χ3v) is 10.8. The van der Waals surface area contributed by atoms with Crippen LogP contribution in [0.1, 0.15) is 16.7 Å². The van der Waals surface area contributed by atoms with Gasteiger partial charge in [-0.3, -0.25) is 14.9 Å². The third kappa shape index (κ3) is 6.85. The van der Waals surface area contributed by atoms with Crippen LogP contribution in [0.15, 0.2) is 98.5 Å². The summed E-state index contributed by atoms with van der Waals surface area (Å²) in [6.07, 6.45) is 1.37. The van der Waals surface area contributed by atoms with Gasteiger partial charge in [0.2, 0.25) is 5.75 Å². The Balaban J connectivity index is 1.43. The van der Waals surface area contributed by atoms with Crippen molar-refractivity contribution in [2.45, 2.75) is 27.4 Å². The standard InChI is InChI=1S/C31H26N2O10S3/c1-19-7-10-21(11-8-19)46(39,40)43-28-14-9-20(15-25(28)33(35)36)16-30-31(34)32-24-13-12-22(17-29(24)44-30)45(37,38)18-23-26(41-2)5-4-6-27(23)42-3/h4-17H,18H2,1-3H3,(H,32,34)/b30-16-. The lowest BCUT2D eigenvalue weighted by Gasteiger charge is -2.20. The van der Waals surface area contributed by atoms with Crippen LogP contribution in [0.2, 0.25) is 0 Å². The van der Waals surface area contributed by atoms with E-state index < -0.39 is 48.0 Å². The fourth-order valence-corrected chi connectivity index (χ4v) is 7.94. The summed E-state index contributed by atoms with van der Waals surface area (Å²) >= 11 is 0.977. The highest BCUT2D eigenvalue weighted by Crippen LogP contribution is 2.42. The second-order valence-electron chi connectivity index (χ2n) is 9.96. The van der Waals surface area contributed by atoms with E-state index >= 15 is 0 Å². The lowest BCUT2D eigenvalue weighted by atomic mass is 10.1. The van der Waals surface area contributed by atoms with Crippen molar-refractivity contribution in [1.29, 1.82) is 0 Å². The highest BCUT2D eigenvalue weighted by molar-refractivity contribution is 8.04. The first-order valence-corrected chi connectivity index (χ1v) is 17.3. The number of nitro groups is 1. The maximum atomic E-state index is 13.5. The van der Waals surface area contributed by atoms with Gasteiger partial charge in [0.1, 0.15) is 16.4 Å². The number of nitrogens with one attached hydrogen (secondary N) is 1. The number of anilines is 1. The van der Waals surface area contributed by atoms with Crippen molar-refractivity contribution in [2.24, 2.45) is 0 Å². The number of benzene rings is 4. The maximum Gasteiger partial charge on any atom is 0.339 e. The van der Waals surface area contributed by atoms with Gasteiger partial charge < -0.3 is 19.0 Å². The zero-order chi connectivity index (χ0) is 33.2. The first kappa shape index (κ1) is 32.5. The number of nitro benzene ring substituents is 1. The highest BCUT2D eigenvalue weighted by Gasteiger charge is 2.27. The lowest BCUT2D eigenvalue weighted by molar-refractivity contribution is -0.385. The molecule has 1 aliphatic heterocycles. The maximum absolute atomic E-state index is 13.5. The van der Waals surface area contributed by atoms with Gasteiger partial charge in [0.05, 0.1) is 45.9 Å². The molecule has 5 rings (SSSR count). The van der Waals surface area contributed by atoms with Crippen LogP contribution in [0.4, 0.5) is 11.4 Å². The zero-order valence-electron chi connectivity index (χ0n) is 24.5. The SMILES string of the molecule is COc1cccc(OC)c1CS(=O)(=O)c1ccc2c(c1)S/C(=C\c1ccc(OS(=O)(=O)c3ccc(C)cc3)c([N+](=O)[O-])c1)C(=O)N2. The molecule has 1 amide bonds. The molecule has 0 fully saturated rings. The molecule has 0 radical (unpaired) electrons. The minimum atomic E-state index is -4.36. The lowest BCUT2D eigenvalue weighted by Crippen LogP contribution is -2.18. The number of nitrogens with zero attached hydrogens (tertiary/aromatic N) is 1. The van der Waals surface area contributed by atoms with Gasteiger partial charge >= 0.3 is 15.8 Å². The number of hydrogen-bond donors (Lipinski definition) is 1. The minimum Gasteiger partial charge on any atom is -0.496 e. The monoisotopic (exact) mass is 682 g/mol. The zero-order valence-corrected chi connectivity index (χ0v) is 27.0. The number of ether oxygens (including phenoxy) is 2. The van der Waals surface area contributed by atoms with E-state index in [0.29, 0.717) is 27.6 Å². The average molecular weight is 683 g/mol. The molecule has 0 atom stereocenters. The number of rotatable bonds is 10. The van der Waals surface area contributed by atoms with E-state index in [1.807, 2.05) is 0 Å². The number of carbonyl (C=O) groups excluding carboxylic acids is 1. The molecule has 15 heteroatoms. The summed E-state index contributed by atoms with van der Waals surface area (Å²) in [4.78, 5) is 24.3. The van der Waals surface area contributed by atoms with Gasteiger partial charge in [-0.05, 0) is 67.1 Å². The predicted molar refractivity (Wildman–Crippen MR) is 171 cm³/mol. The molecular formula is C31H26N2O10S3. The van der Waals surface area contributed by atoms with E-state index in [0.717, 1.165) is 29.5 Å². The smallest absolute Gasteiger partial charge is 0.339 e. The first-order chi connectivity index (χ1) is 21.8. The molecule has 4 aromatic rings. The number of methoxy groups -OCH3 is 2. The van der Waals surface area contributed by atoms with E-state index in [2.05, 4.69) is 5.32 Å². The predicted octanol–water partition coefficient (Wildman–Crippen LogP) is 5.75. The second kappa shape index (κ2) is 12.9. The molecule has 0 unspecified atom stereocenters. The van der Waals surface area contributed by atoms with Crippen molar-refractivity contribution in [3.05, 3.63) is 111 Å². The van der Waals surface area contributed by atoms with Gasteiger partial charge in [0.15, 0.2) is 9.84 Å². The Kier molecular flexibility index (Phi) is 9.10. The summed E-state index contributed by atoms with van der Waals surface area (Å²) in [5, 5.41) is 14.6. The molecule has 1 heterocycles. The Morgan fingerprint density at radius 1 is 0.870 bits per heavy atom. The van der Waals surface area contributed by atoms with Gasteiger partial charge in [-0.2, -0.15) is 8.42 Å². The summed E-state index contributed by atoms with van der Waals surface area (Å²) in [7, 11) is -5.41. The van der Waals surface area contributed by atoms with Gasteiger partial charge in [0, 0.05) is 11.0 Å². The minimum absolute atomic E-state index is 0.00543. The molecule has 0 aromatic heterocycles. The van der Waals surface area contributed by atoms with Crippen LogP contribution >= 0.6 is 11.8 Å². The number of carbonyl (C=O) groups is 1. The van der Waals surface area contributed by atoms with Crippen molar-refractivity contribution in [3.8, 4) is 17.2 Å². The van der Waals surface area contributed by atoms with Crippen LogP contribution in [-0.2, 0) is 30.5 Å². The summed E-state index contributed by atoms with van der Waals surface area (Å²) in [5.74, 6) is -0.717. The van der Waals surface area contributed by atoms with E-state index in [4.69, 9.17) is 13.7 Å². The molecule has 0 saturated heterocycles. The van der Waals surface area contributed by atoms with E-state index in [-0.39, 0.29) is 20.3 Å². The number of thioether (sulfide) groups is 1. The summed E-state index contributed by atoms with van der Waals surface area (Å²) in [5.41, 5.74) is 1.14. The Morgan fingerprint density at radius 3 is 2.15 bits per heavy atom. The van der Waals surface area contributed by atoms with Crippen LogP contribution in [0, 0.1) is 17.0 Å². The Hall–Kier alpha value is -4.86. The average Bonchev–Trinajstić information content (AvgIpc) is 3.01. The van der Waals surface area contributed by atoms with Crippen LogP contribution in [0.3, 0.4) is 0 Å². The molecule has 0 aliphatic carbocycles. The molecule has 4 aromatic carbocycles. The molecule has 46 heavy (non-hydrogen) atoms. The van der Waals surface area contributed by atoms with Crippen LogP contribution in [-0.4, -0.2) is 41.9 Å². The molecule has 12 nitrogen and oxygen atoms in total. The first-order valence-electron chi connectivity index (χ1n) is 13.4. The Bertz CT molecular complexity index is 2090. The molecule has 238 valence electrons. The van der Waals surface area contributed by atoms with E-state index in [1.54, 1.807) is 37.3 Å².